The SMILES string of the molecule is CCCNC(=O)CN1CCN(C(=O)C(C)(C)N)CC1. The maximum absolute atomic E-state index is 12.0. The first kappa shape index (κ1) is 15.9. The molecule has 1 aliphatic rings. The average Bonchev–Trinajstić information content (AvgIpc) is 2.35. The Bertz CT molecular complexity index is 317. The zero-order valence-corrected chi connectivity index (χ0v) is 12.2. The van der Waals surface area contributed by atoms with Gasteiger partial charge in [0.2, 0.25) is 11.8 Å². The van der Waals surface area contributed by atoms with E-state index >= 15 is 0 Å². The number of nitrogens with zero attached hydrogens (tertiary/aromatic N) is 2. The van der Waals surface area contributed by atoms with Crippen LogP contribution >= 0.6 is 0 Å². The van der Waals surface area contributed by atoms with E-state index in [1.807, 2.05) is 6.92 Å². The Balaban J connectivity index is 2.33. The molecule has 6 heteroatoms. The molecule has 1 rings (SSSR count). The zero-order valence-electron chi connectivity index (χ0n) is 12.2. The van der Waals surface area contributed by atoms with Gasteiger partial charge < -0.3 is 16.0 Å². The molecule has 19 heavy (non-hydrogen) atoms. The summed E-state index contributed by atoms with van der Waals surface area (Å²) in [5.74, 6) is 0.0309. The van der Waals surface area contributed by atoms with Crippen molar-refractivity contribution in [2.75, 3.05) is 39.3 Å². The van der Waals surface area contributed by atoms with Crippen LogP contribution in [0.2, 0.25) is 0 Å². The predicted molar refractivity (Wildman–Crippen MR) is 74.6 cm³/mol. The summed E-state index contributed by atoms with van der Waals surface area (Å²) >= 11 is 0. The van der Waals surface area contributed by atoms with Crippen LogP contribution in [0.3, 0.4) is 0 Å². The van der Waals surface area contributed by atoms with Crippen molar-refractivity contribution in [2.24, 2.45) is 5.73 Å². The van der Waals surface area contributed by atoms with Crippen molar-refractivity contribution in [3.05, 3.63) is 0 Å². The number of carbonyl (C=O) groups excluding carboxylic acids is 2. The van der Waals surface area contributed by atoms with Gasteiger partial charge in [-0.15, -0.1) is 0 Å². The van der Waals surface area contributed by atoms with E-state index in [1.165, 1.54) is 0 Å². The molecule has 6 nitrogen and oxygen atoms in total. The standard InChI is InChI=1S/C13H26N4O2/c1-4-5-15-11(18)10-16-6-8-17(9-7-16)12(19)13(2,3)14/h4-10,14H2,1-3H3,(H,15,18). The molecule has 2 amide bonds. The van der Waals surface area contributed by atoms with Crippen molar-refractivity contribution in [1.29, 1.82) is 0 Å². The van der Waals surface area contributed by atoms with E-state index in [4.69, 9.17) is 5.73 Å². The number of nitrogens with two attached hydrogens (primary N) is 1. The normalized spacial score (nSPS) is 17.4. The summed E-state index contributed by atoms with van der Waals surface area (Å²) < 4.78 is 0. The maximum atomic E-state index is 12.0. The Kier molecular flexibility index (Phi) is 5.75. The van der Waals surface area contributed by atoms with Gasteiger partial charge in [-0.3, -0.25) is 14.5 Å². The van der Waals surface area contributed by atoms with Gasteiger partial charge in [0, 0.05) is 32.7 Å². The largest absolute Gasteiger partial charge is 0.355 e. The molecule has 1 saturated heterocycles. The first-order chi connectivity index (χ1) is 8.84. The van der Waals surface area contributed by atoms with Crippen LogP contribution in [0.25, 0.3) is 0 Å². The summed E-state index contributed by atoms with van der Waals surface area (Å²) in [6.07, 6.45) is 0.944. The first-order valence-corrected chi connectivity index (χ1v) is 6.92. The summed E-state index contributed by atoms with van der Waals surface area (Å²) in [5.41, 5.74) is 4.99. The molecule has 0 saturated carbocycles. The molecule has 0 spiro atoms. The van der Waals surface area contributed by atoms with Crippen LogP contribution in [0.1, 0.15) is 27.2 Å². The van der Waals surface area contributed by atoms with Crippen molar-refractivity contribution >= 4 is 11.8 Å². The number of hydrogen-bond acceptors (Lipinski definition) is 4. The van der Waals surface area contributed by atoms with E-state index in [9.17, 15) is 9.59 Å². The second-order valence-corrected chi connectivity index (χ2v) is 5.64. The molecule has 110 valence electrons. The van der Waals surface area contributed by atoms with Crippen LogP contribution < -0.4 is 11.1 Å². The summed E-state index contributed by atoms with van der Waals surface area (Å²) in [5, 5.41) is 2.86. The van der Waals surface area contributed by atoms with Crippen molar-refractivity contribution in [3.8, 4) is 0 Å². The molecule has 0 aromatic carbocycles. The van der Waals surface area contributed by atoms with Crippen LogP contribution in [0, 0.1) is 0 Å². The lowest BCUT2D eigenvalue weighted by atomic mass is 10.0. The number of hydrogen-bond donors (Lipinski definition) is 2. The van der Waals surface area contributed by atoms with Crippen LogP contribution in [0.15, 0.2) is 0 Å². The van der Waals surface area contributed by atoms with E-state index in [-0.39, 0.29) is 11.8 Å². The minimum Gasteiger partial charge on any atom is -0.355 e. The minimum absolute atomic E-state index is 0.0254. The quantitative estimate of drug-likeness (QED) is 0.699. The van der Waals surface area contributed by atoms with Crippen LogP contribution in [-0.4, -0.2) is 66.4 Å². The molecule has 1 aliphatic heterocycles. The highest BCUT2D eigenvalue weighted by atomic mass is 16.2. The summed E-state index contributed by atoms with van der Waals surface area (Å²) in [4.78, 5) is 27.4. The fourth-order valence-electron chi connectivity index (χ4n) is 2.04. The third-order valence-electron chi connectivity index (χ3n) is 3.15. The van der Waals surface area contributed by atoms with Gasteiger partial charge in [-0.1, -0.05) is 6.92 Å². The topological polar surface area (TPSA) is 78.7 Å². The first-order valence-electron chi connectivity index (χ1n) is 6.92. The monoisotopic (exact) mass is 270 g/mol. The lowest BCUT2D eigenvalue weighted by molar-refractivity contribution is -0.137. The van der Waals surface area contributed by atoms with E-state index in [0.29, 0.717) is 19.6 Å². The Morgan fingerprint density at radius 2 is 1.79 bits per heavy atom. The third-order valence-corrected chi connectivity index (χ3v) is 3.15. The number of amides is 2. The Morgan fingerprint density at radius 1 is 1.21 bits per heavy atom. The molecular weight excluding hydrogens is 244 g/mol. The molecule has 1 fully saturated rings. The van der Waals surface area contributed by atoms with Gasteiger partial charge in [0.15, 0.2) is 0 Å². The van der Waals surface area contributed by atoms with Crippen molar-refractivity contribution in [2.45, 2.75) is 32.7 Å². The van der Waals surface area contributed by atoms with Crippen LogP contribution in [-0.2, 0) is 9.59 Å². The Hall–Kier alpha value is -1.14. The molecule has 0 bridgehead atoms. The maximum Gasteiger partial charge on any atom is 0.242 e. The van der Waals surface area contributed by atoms with Gasteiger partial charge in [0.25, 0.3) is 0 Å². The van der Waals surface area contributed by atoms with Gasteiger partial charge in [-0.2, -0.15) is 0 Å². The second-order valence-electron chi connectivity index (χ2n) is 5.64. The average molecular weight is 270 g/mol. The van der Waals surface area contributed by atoms with E-state index in [1.54, 1.807) is 18.7 Å². The molecule has 0 aliphatic carbocycles. The van der Waals surface area contributed by atoms with E-state index in [0.717, 1.165) is 26.1 Å². The number of rotatable bonds is 5. The molecule has 0 radical (unpaired) electrons. The fraction of sp³-hybridized carbons (Fsp3) is 0.846. The highest BCUT2D eigenvalue weighted by molar-refractivity contribution is 5.85. The van der Waals surface area contributed by atoms with Gasteiger partial charge in [0.1, 0.15) is 0 Å². The highest BCUT2D eigenvalue weighted by Gasteiger charge is 2.30. The summed E-state index contributed by atoms with van der Waals surface area (Å²) in [6, 6.07) is 0. The summed E-state index contributed by atoms with van der Waals surface area (Å²) in [6.45, 7) is 9.33. The molecule has 0 unspecified atom stereocenters. The smallest absolute Gasteiger partial charge is 0.242 e. The molecule has 0 aromatic rings. The molecule has 0 atom stereocenters. The van der Waals surface area contributed by atoms with Crippen LogP contribution in [0.5, 0.6) is 0 Å². The third kappa shape index (κ3) is 5.16. The highest BCUT2D eigenvalue weighted by Crippen LogP contribution is 2.08. The van der Waals surface area contributed by atoms with E-state index < -0.39 is 5.54 Å². The Morgan fingerprint density at radius 3 is 2.26 bits per heavy atom. The van der Waals surface area contributed by atoms with Crippen molar-refractivity contribution < 1.29 is 9.59 Å². The molecule has 0 aromatic heterocycles. The Labute approximate surface area is 115 Å². The predicted octanol–water partition coefficient (Wildman–Crippen LogP) is -0.606. The van der Waals surface area contributed by atoms with Gasteiger partial charge in [0.05, 0.1) is 12.1 Å². The van der Waals surface area contributed by atoms with Crippen LogP contribution in [0.4, 0.5) is 0 Å². The fourth-order valence-corrected chi connectivity index (χ4v) is 2.04. The lowest BCUT2D eigenvalue weighted by Crippen LogP contribution is -2.57. The van der Waals surface area contributed by atoms with Gasteiger partial charge in [-0.05, 0) is 20.3 Å². The number of nitrogens with one attached hydrogen (secondary N) is 1. The molecule has 1 heterocycles. The molecule has 3 N–H and O–H groups in total. The van der Waals surface area contributed by atoms with E-state index in [2.05, 4.69) is 10.2 Å². The summed E-state index contributed by atoms with van der Waals surface area (Å²) in [7, 11) is 0. The second kappa shape index (κ2) is 6.86. The van der Waals surface area contributed by atoms with Crippen molar-refractivity contribution in [3.63, 3.8) is 0 Å². The molecular formula is C13H26N4O2. The number of carbonyl (C=O) groups is 2. The zero-order chi connectivity index (χ0) is 14.5. The van der Waals surface area contributed by atoms with Gasteiger partial charge >= 0.3 is 0 Å². The van der Waals surface area contributed by atoms with Crippen molar-refractivity contribution in [1.82, 2.24) is 15.1 Å². The number of piperazine rings is 1. The lowest BCUT2D eigenvalue weighted by Gasteiger charge is -2.37. The van der Waals surface area contributed by atoms with Gasteiger partial charge in [-0.25, -0.2) is 0 Å². The minimum atomic E-state index is -0.819.